The maximum atomic E-state index is 13.4. The van der Waals surface area contributed by atoms with E-state index in [0.717, 1.165) is 8.61 Å². The van der Waals surface area contributed by atoms with Gasteiger partial charge in [-0.15, -0.1) is 0 Å². The maximum Gasteiger partial charge on any atom is 0.304 e. The second-order valence-electron chi connectivity index (χ2n) is 7.32. The lowest BCUT2D eigenvalue weighted by Crippen LogP contribution is -2.52. The van der Waals surface area contributed by atoms with Gasteiger partial charge in [0.1, 0.15) is 12.6 Å². The van der Waals surface area contributed by atoms with Gasteiger partial charge in [-0.1, -0.05) is 48.0 Å². The number of benzene rings is 2. The molecule has 174 valence electrons. The van der Waals surface area contributed by atoms with Crippen molar-refractivity contribution in [1.82, 2.24) is 14.5 Å². The van der Waals surface area contributed by atoms with Gasteiger partial charge >= 0.3 is 10.2 Å². The number of para-hydroxylation sites is 1. The Kier molecular flexibility index (Phi) is 9.06. The number of likely N-dealkylation sites (N-methyl/N-ethyl adjacent to an activating group) is 1. The van der Waals surface area contributed by atoms with Crippen LogP contribution in [0.3, 0.4) is 0 Å². The quantitative estimate of drug-likeness (QED) is 0.565. The molecule has 0 aliphatic rings. The van der Waals surface area contributed by atoms with Gasteiger partial charge in [0, 0.05) is 32.2 Å². The molecule has 0 saturated carbocycles. The van der Waals surface area contributed by atoms with Crippen LogP contribution in [0.15, 0.2) is 54.6 Å². The van der Waals surface area contributed by atoms with Gasteiger partial charge in [0.25, 0.3) is 0 Å². The largest absolute Gasteiger partial charge is 0.355 e. The molecule has 0 aliphatic heterocycles. The van der Waals surface area contributed by atoms with Gasteiger partial charge in [-0.25, -0.2) is 4.31 Å². The summed E-state index contributed by atoms with van der Waals surface area (Å²) in [6, 6.07) is 14.5. The number of hydrogen-bond donors (Lipinski definition) is 1. The minimum absolute atomic E-state index is 0.0570. The zero-order chi connectivity index (χ0) is 23.9. The molecular weight excluding hydrogens is 452 g/mol. The molecule has 2 aromatic rings. The molecule has 0 radical (unpaired) electrons. The van der Waals surface area contributed by atoms with Gasteiger partial charge in [-0.3, -0.25) is 9.59 Å². The zero-order valence-electron chi connectivity index (χ0n) is 18.7. The lowest BCUT2D eigenvalue weighted by molar-refractivity contribution is -0.139. The van der Waals surface area contributed by atoms with Crippen LogP contribution in [-0.4, -0.2) is 62.7 Å². The van der Waals surface area contributed by atoms with Gasteiger partial charge in [-0.05, 0) is 37.6 Å². The van der Waals surface area contributed by atoms with Crippen LogP contribution in [0.4, 0.5) is 5.69 Å². The van der Waals surface area contributed by atoms with E-state index in [9.17, 15) is 18.0 Å². The van der Waals surface area contributed by atoms with E-state index in [-0.39, 0.29) is 12.5 Å². The number of nitrogens with zero attached hydrogens (tertiary/aromatic N) is 3. The predicted molar refractivity (Wildman–Crippen MR) is 127 cm³/mol. The summed E-state index contributed by atoms with van der Waals surface area (Å²) in [5, 5.41) is 3.16. The molecule has 0 unspecified atom stereocenters. The summed E-state index contributed by atoms with van der Waals surface area (Å²) >= 11 is 6.28. The number of halogens is 1. The van der Waals surface area contributed by atoms with Crippen molar-refractivity contribution in [2.75, 3.05) is 31.5 Å². The van der Waals surface area contributed by atoms with E-state index >= 15 is 0 Å². The molecule has 0 aliphatic carbocycles. The Bertz CT molecular complexity index is 1030. The molecule has 2 amide bonds. The first-order valence-electron chi connectivity index (χ1n) is 10.1. The molecule has 8 nitrogen and oxygen atoms in total. The van der Waals surface area contributed by atoms with E-state index in [1.165, 1.54) is 19.0 Å². The first-order chi connectivity index (χ1) is 15.1. The van der Waals surface area contributed by atoms with E-state index in [4.69, 9.17) is 11.6 Å². The van der Waals surface area contributed by atoms with Crippen molar-refractivity contribution in [3.63, 3.8) is 0 Å². The van der Waals surface area contributed by atoms with Crippen LogP contribution in [0.1, 0.15) is 19.4 Å². The van der Waals surface area contributed by atoms with Crippen molar-refractivity contribution in [1.29, 1.82) is 0 Å². The normalized spacial score (nSPS) is 12.3. The van der Waals surface area contributed by atoms with Gasteiger partial charge in [-0.2, -0.15) is 12.7 Å². The summed E-state index contributed by atoms with van der Waals surface area (Å²) in [6.45, 7) is 3.38. The van der Waals surface area contributed by atoms with Crippen molar-refractivity contribution in [3.8, 4) is 0 Å². The SMILES string of the molecule is CCNC(=O)[C@@H](C)N(Cc1ccccc1Cl)C(=O)CN(c1ccccc1)S(=O)(=O)N(C)C. The molecule has 2 aromatic carbocycles. The fourth-order valence-corrected chi connectivity index (χ4v) is 4.28. The average molecular weight is 481 g/mol. The zero-order valence-corrected chi connectivity index (χ0v) is 20.2. The van der Waals surface area contributed by atoms with Gasteiger partial charge < -0.3 is 10.2 Å². The van der Waals surface area contributed by atoms with E-state index < -0.39 is 28.7 Å². The number of carbonyl (C=O) groups excluding carboxylic acids is 2. The molecule has 0 fully saturated rings. The molecule has 10 heteroatoms. The Balaban J connectivity index is 2.43. The van der Waals surface area contributed by atoms with Gasteiger partial charge in [0.15, 0.2) is 0 Å². The number of hydrogen-bond acceptors (Lipinski definition) is 4. The number of rotatable bonds is 10. The summed E-state index contributed by atoms with van der Waals surface area (Å²) in [6.07, 6.45) is 0. The minimum atomic E-state index is -3.97. The molecule has 1 atom stereocenters. The van der Waals surface area contributed by atoms with Gasteiger partial charge in [0.05, 0.1) is 5.69 Å². The number of nitrogens with one attached hydrogen (secondary N) is 1. The highest BCUT2D eigenvalue weighted by atomic mass is 35.5. The van der Waals surface area contributed by atoms with E-state index in [1.807, 2.05) is 0 Å². The Morgan fingerprint density at radius 1 is 1.03 bits per heavy atom. The molecule has 0 saturated heterocycles. The Labute approximate surface area is 194 Å². The molecule has 32 heavy (non-hydrogen) atoms. The van der Waals surface area contributed by atoms with Crippen LogP contribution in [0.2, 0.25) is 5.02 Å². The Morgan fingerprint density at radius 2 is 1.62 bits per heavy atom. The van der Waals surface area contributed by atoms with Crippen LogP contribution < -0.4 is 9.62 Å². The average Bonchev–Trinajstić information content (AvgIpc) is 2.76. The van der Waals surface area contributed by atoms with Crippen LogP contribution in [-0.2, 0) is 26.3 Å². The third-order valence-electron chi connectivity index (χ3n) is 4.88. The van der Waals surface area contributed by atoms with Crippen LogP contribution in [0.5, 0.6) is 0 Å². The third-order valence-corrected chi connectivity index (χ3v) is 7.07. The smallest absolute Gasteiger partial charge is 0.304 e. The Hall–Kier alpha value is -2.62. The van der Waals surface area contributed by atoms with Gasteiger partial charge in [0.2, 0.25) is 11.8 Å². The second-order valence-corrected chi connectivity index (χ2v) is 9.79. The van der Waals surface area contributed by atoms with Crippen molar-refractivity contribution in [2.45, 2.75) is 26.4 Å². The van der Waals surface area contributed by atoms with Crippen molar-refractivity contribution >= 4 is 39.3 Å². The predicted octanol–water partition coefficient (Wildman–Crippen LogP) is 2.51. The molecule has 2 rings (SSSR count). The first-order valence-corrected chi connectivity index (χ1v) is 11.9. The van der Waals surface area contributed by atoms with Crippen LogP contribution >= 0.6 is 11.6 Å². The molecule has 0 bridgehead atoms. The maximum absolute atomic E-state index is 13.4. The molecular formula is C22H29ClN4O4S. The lowest BCUT2D eigenvalue weighted by Gasteiger charge is -2.33. The van der Waals surface area contributed by atoms with Crippen LogP contribution in [0.25, 0.3) is 0 Å². The summed E-state index contributed by atoms with van der Waals surface area (Å²) in [5.74, 6) is -0.868. The summed E-state index contributed by atoms with van der Waals surface area (Å²) in [5.41, 5.74) is 0.998. The van der Waals surface area contributed by atoms with E-state index in [1.54, 1.807) is 68.4 Å². The Morgan fingerprint density at radius 3 is 2.19 bits per heavy atom. The highest BCUT2D eigenvalue weighted by molar-refractivity contribution is 7.90. The highest BCUT2D eigenvalue weighted by Crippen LogP contribution is 2.22. The summed E-state index contributed by atoms with van der Waals surface area (Å²) in [4.78, 5) is 27.3. The number of anilines is 1. The number of amides is 2. The topological polar surface area (TPSA) is 90.0 Å². The van der Waals surface area contributed by atoms with Crippen LogP contribution in [0, 0.1) is 0 Å². The monoisotopic (exact) mass is 480 g/mol. The fraction of sp³-hybridized carbons (Fsp3) is 0.364. The molecule has 0 spiro atoms. The second kappa shape index (κ2) is 11.3. The van der Waals surface area contributed by atoms with E-state index in [0.29, 0.717) is 22.8 Å². The summed E-state index contributed by atoms with van der Waals surface area (Å²) < 4.78 is 28.0. The van der Waals surface area contributed by atoms with Crippen molar-refractivity contribution < 1.29 is 18.0 Å². The molecule has 1 N–H and O–H groups in total. The van der Waals surface area contributed by atoms with Crippen molar-refractivity contribution in [3.05, 3.63) is 65.2 Å². The standard InChI is InChI=1S/C22H29ClN4O4S/c1-5-24-22(29)17(2)26(15-18-11-9-10-14-20(18)23)21(28)16-27(32(30,31)25(3)4)19-12-7-6-8-13-19/h6-14,17H,5,15-16H2,1-4H3,(H,24,29)/t17-/m1/s1. The molecule has 0 heterocycles. The minimum Gasteiger partial charge on any atom is -0.355 e. The van der Waals surface area contributed by atoms with Crippen molar-refractivity contribution in [2.24, 2.45) is 0 Å². The number of carbonyl (C=O) groups is 2. The highest BCUT2D eigenvalue weighted by Gasteiger charge is 2.32. The summed E-state index contributed by atoms with van der Waals surface area (Å²) in [7, 11) is -1.17. The first kappa shape index (κ1) is 25.6. The lowest BCUT2D eigenvalue weighted by atomic mass is 10.1. The fourth-order valence-electron chi connectivity index (χ4n) is 3.03. The van der Waals surface area contributed by atoms with E-state index in [2.05, 4.69) is 5.32 Å². The third kappa shape index (κ3) is 6.21. The molecule has 0 aromatic heterocycles.